The Morgan fingerprint density at radius 1 is 1.24 bits per heavy atom. The maximum atomic E-state index is 6.20. The molecule has 0 amide bonds. The summed E-state index contributed by atoms with van der Waals surface area (Å²) in [5.74, 6) is 1.09. The molecule has 25 heavy (non-hydrogen) atoms. The highest BCUT2D eigenvalue weighted by Gasteiger charge is 2.20. The number of benzene rings is 1. The molecule has 0 saturated carbocycles. The average Bonchev–Trinajstić information content (AvgIpc) is 2.62. The summed E-state index contributed by atoms with van der Waals surface area (Å²) in [6, 6.07) is 5.98. The molecule has 2 aromatic rings. The van der Waals surface area contributed by atoms with Gasteiger partial charge in [-0.3, -0.25) is 0 Å². The summed E-state index contributed by atoms with van der Waals surface area (Å²) in [6.45, 7) is 5.59. The first-order valence-electron chi connectivity index (χ1n) is 8.58. The van der Waals surface area contributed by atoms with Gasteiger partial charge in [0.15, 0.2) is 6.29 Å². The van der Waals surface area contributed by atoms with Gasteiger partial charge in [-0.05, 0) is 26.0 Å². The first kappa shape index (κ1) is 17.7. The molecule has 1 fully saturated rings. The zero-order valence-electron chi connectivity index (χ0n) is 14.9. The monoisotopic (exact) mass is 348 g/mol. The number of hydrogen-bond donors (Lipinski definition) is 0. The zero-order valence-corrected chi connectivity index (χ0v) is 14.9. The molecule has 1 unspecified atom stereocenters. The van der Waals surface area contributed by atoms with Crippen LogP contribution in [0.2, 0.25) is 0 Å². The molecule has 7 nitrogen and oxygen atoms in total. The molecule has 1 aliphatic heterocycles. The lowest BCUT2D eigenvalue weighted by molar-refractivity contribution is -0.0404. The van der Waals surface area contributed by atoms with Gasteiger partial charge in [0.1, 0.15) is 17.2 Å². The van der Waals surface area contributed by atoms with Crippen molar-refractivity contribution >= 4 is 10.9 Å². The molecule has 1 aromatic heterocycles. The average molecular weight is 348 g/mol. The van der Waals surface area contributed by atoms with Crippen molar-refractivity contribution in [3.8, 4) is 17.6 Å². The molecule has 1 saturated heterocycles. The number of ether oxygens (including phenoxy) is 5. The molecule has 3 rings (SSSR count). The van der Waals surface area contributed by atoms with Crippen molar-refractivity contribution in [2.45, 2.75) is 39.1 Å². The lowest BCUT2D eigenvalue weighted by Crippen LogP contribution is -2.26. The number of rotatable bonds is 7. The summed E-state index contributed by atoms with van der Waals surface area (Å²) in [4.78, 5) is 8.85. The van der Waals surface area contributed by atoms with Gasteiger partial charge >= 0.3 is 6.01 Å². The topological polar surface area (TPSA) is 71.9 Å². The fraction of sp³-hybridized carbons (Fsp3) is 0.556. The van der Waals surface area contributed by atoms with Gasteiger partial charge < -0.3 is 23.7 Å². The highest BCUT2D eigenvalue weighted by Crippen LogP contribution is 2.35. The van der Waals surface area contributed by atoms with E-state index >= 15 is 0 Å². The van der Waals surface area contributed by atoms with E-state index in [1.807, 2.05) is 25.1 Å². The Balaban J connectivity index is 2.00. The summed E-state index contributed by atoms with van der Waals surface area (Å²) in [6.07, 6.45) is 1.38. The Kier molecular flexibility index (Phi) is 5.88. The number of fused-ring (bicyclic) bond motifs is 1. The smallest absolute Gasteiger partial charge is 0.320 e. The van der Waals surface area contributed by atoms with E-state index in [0.717, 1.165) is 18.2 Å². The summed E-state index contributed by atoms with van der Waals surface area (Å²) < 4.78 is 28.1. The van der Waals surface area contributed by atoms with Crippen LogP contribution < -0.4 is 14.2 Å². The van der Waals surface area contributed by atoms with Crippen molar-refractivity contribution in [2.24, 2.45) is 0 Å². The van der Waals surface area contributed by atoms with Crippen molar-refractivity contribution in [1.82, 2.24) is 9.97 Å². The molecule has 1 aromatic carbocycles. The minimum atomic E-state index is -0.455. The Hall–Kier alpha value is -2.12. The Labute approximate surface area is 147 Å². The van der Waals surface area contributed by atoms with Gasteiger partial charge in [0.2, 0.25) is 5.88 Å². The number of nitrogens with zero attached hydrogens (tertiary/aromatic N) is 2. The molecule has 1 aliphatic rings. The van der Waals surface area contributed by atoms with E-state index in [4.69, 9.17) is 23.7 Å². The largest absolute Gasteiger partial charge is 0.489 e. The van der Waals surface area contributed by atoms with E-state index in [0.29, 0.717) is 37.0 Å². The molecule has 0 bridgehead atoms. The van der Waals surface area contributed by atoms with Gasteiger partial charge in [-0.15, -0.1) is 0 Å². The lowest BCUT2D eigenvalue weighted by Gasteiger charge is -2.24. The van der Waals surface area contributed by atoms with Crippen molar-refractivity contribution in [2.75, 3.05) is 26.9 Å². The van der Waals surface area contributed by atoms with Crippen molar-refractivity contribution in [1.29, 1.82) is 0 Å². The summed E-state index contributed by atoms with van der Waals surface area (Å²) >= 11 is 0. The number of hydrogen-bond acceptors (Lipinski definition) is 7. The third kappa shape index (κ3) is 4.29. The van der Waals surface area contributed by atoms with E-state index in [1.165, 1.54) is 0 Å². The van der Waals surface area contributed by atoms with Crippen molar-refractivity contribution in [3.05, 3.63) is 18.2 Å². The summed E-state index contributed by atoms with van der Waals surface area (Å²) in [5, 5.41) is 0.723. The fourth-order valence-electron chi connectivity index (χ4n) is 2.65. The first-order valence-corrected chi connectivity index (χ1v) is 8.58. The second-order valence-electron chi connectivity index (χ2n) is 5.75. The third-order valence-corrected chi connectivity index (χ3v) is 3.98. The minimum Gasteiger partial charge on any atom is -0.489 e. The second-order valence-corrected chi connectivity index (χ2v) is 5.75. The predicted octanol–water partition coefficient (Wildman–Crippen LogP) is 2.96. The summed E-state index contributed by atoms with van der Waals surface area (Å²) in [5.41, 5.74) is 0.710. The molecule has 0 spiro atoms. The Morgan fingerprint density at radius 2 is 2.04 bits per heavy atom. The minimum absolute atomic E-state index is 0.110. The highest BCUT2D eigenvalue weighted by atomic mass is 16.7. The van der Waals surface area contributed by atoms with Gasteiger partial charge in [-0.2, -0.15) is 9.97 Å². The quantitative estimate of drug-likeness (QED) is 0.712. The van der Waals surface area contributed by atoms with Crippen molar-refractivity contribution in [3.63, 3.8) is 0 Å². The Bertz CT molecular complexity index is 703. The second kappa shape index (κ2) is 8.31. The van der Waals surface area contributed by atoms with Gasteiger partial charge in [-0.1, -0.05) is 6.07 Å². The third-order valence-electron chi connectivity index (χ3n) is 3.98. The van der Waals surface area contributed by atoms with Crippen LogP contribution in [0.25, 0.3) is 10.9 Å². The maximum Gasteiger partial charge on any atom is 0.320 e. The van der Waals surface area contributed by atoms with E-state index in [-0.39, 0.29) is 12.1 Å². The van der Waals surface area contributed by atoms with Gasteiger partial charge in [-0.25, -0.2) is 0 Å². The van der Waals surface area contributed by atoms with Crippen LogP contribution in [0.5, 0.6) is 17.6 Å². The molecule has 0 radical (unpaired) electrons. The molecular formula is C18H24N2O5. The van der Waals surface area contributed by atoms with Gasteiger partial charge in [0, 0.05) is 20.0 Å². The predicted molar refractivity (Wildman–Crippen MR) is 92.3 cm³/mol. The zero-order chi connectivity index (χ0) is 17.6. The number of aromatic nitrogens is 2. The fourth-order valence-corrected chi connectivity index (χ4v) is 2.65. The first-order chi connectivity index (χ1) is 12.2. The van der Waals surface area contributed by atoms with Gasteiger partial charge in [0.25, 0.3) is 0 Å². The SMILES string of the molecule is CCOc1nc(OC(C)OC)c2c(OC3CCOCC3)cccc2n1. The molecule has 1 atom stereocenters. The molecule has 0 aliphatic carbocycles. The van der Waals surface area contributed by atoms with Gasteiger partial charge in [0.05, 0.1) is 25.3 Å². The van der Waals surface area contributed by atoms with Crippen LogP contribution in [-0.4, -0.2) is 49.3 Å². The van der Waals surface area contributed by atoms with Crippen LogP contribution in [0, 0.1) is 0 Å². The molecule has 2 heterocycles. The Morgan fingerprint density at radius 3 is 2.76 bits per heavy atom. The summed E-state index contributed by atoms with van der Waals surface area (Å²) in [7, 11) is 1.58. The van der Waals surface area contributed by atoms with Crippen molar-refractivity contribution < 1.29 is 23.7 Å². The lowest BCUT2D eigenvalue weighted by atomic mass is 10.1. The van der Waals surface area contributed by atoms with E-state index < -0.39 is 6.29 Å². The van der Waals surface area contributed by atoms with Crippen LogP contribution in [0.3, 0.4) is 0 Å². The molecular weight excluding hydrogens is 324 g/mol. The van der Waals surface area contributed by atoms with Crippen LogP contribution in [0.15, 0.2) is 18.2 Å². The standard InChI is InChI=1S/C18H24N2O5/c1-4-23-18-19-14-6-5-7-15(25-13-8-10-22-11-9-13)16(14)17(20-18)24-12(2)21-3/h5-7,12-13H,4,8-11H2,1-3H3. The van der Waals surface area contributed by atoms with E-state index in [2.05, 4.69) is 9.97 Å². The molecule has 0 N–H and O–H groups in total. The number of methoxy groups -OCH3 is 1. The molecule has 136 valence electrons. The van der Waals surface area contributed by atoms with E-state index in [9.17, 15) is 0 Å². The molecule has 7 heteroatoms. The van der Waals surface area contributed by atoms with Crippen LogP contribution in [0.1, 0.15) is 26.7 Å². The van der Waals surface area contributed by atoms with E-state index in [1.54, 1.807) is 14.0 Å². The normalized spacial score (nSPS) is 16.6. The highest BCUT2D eigenvalue weighted by molar-refractivity contribution is 5.90. The van der Waals surface area contributed by atoms with Crippen LogP contribution >= 0.6 is 0 Å². The van der Waals surface area contributed by atoms with Crippen LogP contribution in [0.4, 0.5) is 0 Å². The van der Waals surface area contributed by atoms with Crippen LogP contribution in [-0.2, 0) is 9.47 Å². The maximum absolute atomic E-state index is 6.20.